The van der Waals surface area contributed by atoms with Crippen LogP contribution in [0.1, 0.15) is 26.7 Å². The molecule has 0 aromatic heterocycles. The number of aliphatic carboxylic acids is 1. The predicted molar refractivity (Wildman–Crippen MR) is 52.1 cm³/mol. The third kappa shape index (κ3) is 2.80. The topological polar surface area (TPSA) is 57.6 Å². The largest absolute Gasteiger partial charge is 0.481 e. The number of carbonyl (C=O) groups excluding carboxylic acids is 1. The van der Waals surface area contributed by atoms with E-state index in [9.17, 15) is 9.59 Å². The number of ketones is 1. The van der Waals surface area contributed by atoms with Crippen LogP contribution in [0.3, 0.4) is 0 Å². The minimum Gasteiger partial charge on any atom is -0.481 e. The van der Waals surface area contributed by atoms with Crippen molar-refractivity contribution in [2.75, 3.05) is 13.1 Å². The Hall–Kier alpha value is -0.900. The molecular weight excluding hydrogens is 182 g/mol. The van der Waals surface area contributed by atoms with Gasteiger partial charge in [-0.05, 0) is 6.92 Å². The number of hydrogen-bond acceptors (Lipinski definition) is 3. The first kappa shape index (κ1) is 11.2. The minimum absolute atomic E-state index is 0.0306. The van der Waals surface area contributed by atoms with Crippen molar-refractivity contribution >= 4 is 11.8 Å². The standard InChI is InChI=1S/C10H17NO3/c1-7-6-11(4-3-9(7)12)8(2)5-10(13)14/h7-8H,3-6H2,1-2H3,(H,13,14). The second-order valence-corrected chi connectivity index (χ2v) is 4.06. The van der Waals surface area contributed by atoms with Crippen LogP contribution >= 0.6 is 0 Å². The second kappa shape index (κ2) is 4.55. The molecule has 4 heteroatoms. The molecule has 0 aromatic carbocycles. The van der Waals surface area contributed by atoms with Gasteiger partial charge in [-0.15, -0.1) is 0 Å². The zero-order valence-electron chi connectivity index (χ0n) is 8.69. The summed E-state index contributed by atoms with van der Waals surface area (Å²) >= 11 is 0. The van der Waals surface area contributed by atoms with Crippen molar-refractivity contribution in [2.45, 2.75) is 32.7 Å². The normalized spacial score (nSPS) is 26.1. The van der Waals surface area contributed by atoms with Crippen LogP contribution in [-0.4, -0.2) is 40.9 Å². The molecule has 14 heavy (non-hydrogen) atoms. The monoisotopic (exact) mass is 199 g/mol. The Bertz CT molecular complexity index is 240. The van der Waals surface area contributed by atoms with Gasteiger partial charge < -0.3 is 5.11 Å². The highest BCUT2D eigenvalue weighted by molar-refractivity contribution is 5.81. The molecule has 0 radical (unpaired) electrons. The summed E-state index contributed by atoms with van der Waals surface area (Å²) in [6.07, 6.45) is 0.714. The summed E-state index contributed by atoms with van der Waals surface area (Å²) in [5, 5.41) is 8.64. The van der Waals surface area contributed by atoms with Crippen molar-refractivity contribution in [3.05, 3.63) is 0 Å². The van der Waals surface area contributed by atoms with Crippen LogP contribution in [0.2, 0.25) is 0 Å². The van der Waals surface area contributed by atoms with Crippen molar-refractivity contribution < 1.29 is 14.7 Å². The van der Waals surface area contributed by atoms with Gasteiger partial charge in [0.05, 0.1) is 6.42 Å². The molecule has 2 atom stereocenters. The number of likely N-dealkylation sites (tertiary alicyclic amines) is 1. The van der Waals surface area contributed by atoms with E-state index < -0.39 is 5.97 Å². The summed E-state index contributed by atoms with van der Waals surface area (Å²) in [6.45, 7) is 5.21. The highest BCUT2D eigenvalue weighted by atomic mass is 16.4. The summed E-state index contributed by atoms with van der Waals surface area (Å²) in [4.78, 5) is 23.8. The van der Waals surface area contributed by atoms with E-state index in [0.717, 1.165) is 0 Å². The molecule has 1 fully saturated rings. The number of piperidine rings is 1. The number of carboxylic acid groups (broad SMARTS) is 1. The number of carboxylic acids is 1. The van der Waals surface area contributed by atoms with E-state index in [0.29, 0.717) is 25.3 Å². The first-order chi connectivity index (χ1) is 6.50. The molecule has 1 N–H and O–H groups in total. The van der Waals surface area contributed by atoms with Gasteiger partial charge in [-0.2, -0.15) is 0 Å². The van der Waals surface area contributed by atoms with Crippen molar-refractivity contribution in [1.82, 2.24) is 4.90 Å². The number of nitrogens with zero attached hydrogens (tertiary/aromatic N) is 1. The number of carbonyl (C=O) groups is 2. The molecule has 0 bridgehead atoms. The third-order valence-electron chi connectivity index (χ3n) is 2.80. The van der Waals surface area contributed by atoms with Gasteiger partial charge in [-0.1, -0.05) is 6.92 Å². The van der Waals surface area contributed by atoms with Gasteiger partial charge in [-0.25, -0.2) is 0 Å². The van der Waals surface area contributed by atoms with Crippen molar-refractivity contribution in [3.63, 3.8) is 0 Å². The highest BCUT2D eigenvalue weighted by Crippen LogP contribution is 2.16. The van der Waals surface area contributed by atoms with Crippen LogP contribution in [0, 0.1) is 5.92 Å². The zero-order valence-corrected chi connectivity index (χ0v) is 8.69. The van der Waals surface area contributed by atoms with Crippen LogP contribution in [0.15, 0.2) is 0 Å². The fraction of sp³-hybridized carbons (Fsp3) is 0.800. The zero-order chi connectivity index (χ0) is 10.7. The highest BCUT2D eigenvalue weighted by Gasteiger charge is 2.27. The number of hydrogen-bond donors (Lipinski definition) is 1. The van der Waals surface area contributed by atoms with E-state index in [1.54, 1.807) is 0 Å². The molecule has 1 aliphatic rings. The Balaban J connectivity index is 2.45. The second-order valence-electron chi connectivity index (χ2n) is 4.06. The Kier molecular flexibility index (Phi) is 3.63. The average molecular weight is 199 g/mol. The van der Waals surface area contributed by atoms with Gasteiger partial charge in [0.15, 0.2) is 0 Å². The Morgan fingerprint density at radius 1 is 1.71 bits per heavy atom. The number of rotatable bonds is 3. The first-order valence-corrected chi connectivity index (χ1v) is 4.99. The summed E-state index contributed by atoms with van der Waals surface area (Å²) in [5.74, 6) is -0.425. The minimum atomic E-state index is -0.776. The lowest BCUT2D eigenvalue weighted by atomic mass is 9.97. The summed E-state index contributed by atoms with van der Waals surface area (Å²) < 4.78 is 0. The lowest BCUT2D eigenvalue weighted by Crippen LogP contribution is -2.45. The van der Waals surface area contributed by atoms with Crippen LogP contribution in [0.25, 0.3) is 0 Å². The van der Waals surface area contributed by atoms with Gasteiger partial charge in [-0.3, -0.25) is 14.5 Å². The van der Waals surface area contributed by atoms with E-state index in [2.05, 4.69) is 4.90 Å². The molecule has 2 unspecified atom stereocenters. The molecule has 0 spiro atoms. The summed E-state index contributed by atoms with van der Waals surface area (Å²) in [6, 6.07) is 0.0306. The Morgan fingerprint density at radius 3 is 2.86 bits per heavy atom. The van der Waals surface area contributed by atoms with Crippen LogP contribution in [-0.2, 0) is 9.59 Å². The lowest BCUT2D eigenvalue weighted by molar-refractivity contribution is -0.138. The maximum atomic E-state index is 11.2. The fourth-order valence-electron chi connectivity index (χ4n) is 1.83. The quantitative estimate of drug-likeness (QED) is 0.729. The molecule has 1 aliphatic heterocycles. The average Bonchev–Trinajstić information content (AvgIpc) is 2.08. The molecule has 1 heterocycles. The molecule has 0 aromatic rings. The smallest absolute Gasteiger partial charge is 0.304 e. The van der Waals surface area contributed by atoms with E-state index in [-0.39, 0.29) is 18.4 Å². The van der Waals surface area contributed by atoms with E-state index in [4.69, 9.17) is 5.11 Å². The molecule has 0 amide bonds. The molecule has 0 aliphatic carbocycles. The molecule has 4 nitrogen and oxygen atoms in total. The first-order valence-electron chi connectivity index (χ1n) is 4.99. The van der Waals surface area contributed by atoms with E-state index in [1.165, 1.54) is 0 Å². The Morgan fingerprint density at radius 2 is 2.36 bits per heavy atom. The lowest BCUT2D eigenvalue weighted by Gasteiger charge is -2.34. The van der Waals surface area contributed by atoms with E-state index >= 15 is 0 Å². The summed E-state index contributed by atoms with van der Waals surface area (Å²) in [7, 11) is 0. The summed E-state index contributed by atoms with van der Waals surface area (Å²) in [5.41, 5.74) is 0. The van der Waals surface area contributed by atoms with E-state index in [1.807, 2.05) is 13.8 Å². The third-order valence-corrected chi connectivity index (χ3v) is 2.80. The maximum Gasteiger partial charge on any atom is 0.304 e. The van der Waals surface area contributed by atoms with Gasteiger partial charge in [0.1, 0.15) is 5.78 Å². The fourth-order valence-corrected chi connectivity index (χ4v) is 1.83. The van der Waals surface area contributed by atoms with Crippen LogP contribution < -0.4 is 0 Å². The number of Topliss-reactive ketones (excluding diaryl/α,β-unsaturated/α-hetero) is 1. The van der Waals surface area contributed by atoms with Gasteiger partial charge >= 0.3 is 5.97 Å². The van der Waals surface area contributed by atoms with Crippen molar-refractivity contribution in [2.24, 2.45) is 5.92 Å². The molecule has 1 rings (SSSR count). The van der Waals surface area contributed by atoms with Crippen molar-refractivity contribution in [1.29, 1.82) is 0 Å². The van der Waals surface area contributed by atoms with Crippen LogP contribution in [0.4, 0.5) is 0 Å². The molecular formula is C10H17NO3. The molecule has 80 valence electrons. The van der Waals surface area contributed by atoms with Crippen molar-refractivity contribution in [3.8, 4) is 0 Å². The van der Waals surface area contributed by atoms with Crippen LogP contribution in [0.5, 0.6) is 0 Å². The predicted octanol–water partition coefficient (Wildman–Crippen LogP) is 0.760. The molecule has 0 saturated carbocycles. The van der Waals surface area contributed by atoms with Gasteiger partial charge in [0, 0.05) is 31.5 Å². The van der Waals surface area contributed by atoms with Gasteiger partial charge in [0.2, 0.25) is 0 Å². The SMILES string of the molecule is CC1CN(C(C)CC(=O)O)CCC1=O. The molecule has 1 saturated heterocycles. The maximum absolute atomic E-state index is 11.2. The van der Waals surface area contributed by atoms with Gasteiger partial charge in [0.25, 0.3) is 0 Å². The Labute approximate surface area is 83.9 Å².